The molecule has 0 saturated carbocycles. The highest BCUT2D eigenvalue weighted by molar-refractivity contribution is 8.01. The van der Waals surface area contributed by atoms with Gasteiger partial charge in [-0.25, -0.2) is 0 Å². The first-order valence-corrected chi connectivity index (χ1v) is 8.66. The molecule has 1 N–H and O–H groups in total. The quantitative estimate of drug-likeness (QED) is 0.788. The van der Waals surface area contributed by atoms with Gasteiger partial charge in [0.25, 0.3) is 0 Å². The van der Waals surface area contributed by atoms with Crippen molar-refractivity contribution in [2.24, 2.45) is 0 Å². The van der Waals surface area contributed by atoms with Crippen LogP contribution in [0.1, 0.15) is 71.4 Å². The first-order chi connectivity index (χ1) is 9.60. The van der Waals surface area contributed by atoms with E-state index in [9.17, 15) is 4.79 Å². The summed E-state index contributed by atoms with van der Waals surface area (Å²) in [4.78, 5) is 12.1. The molecule has 0 saturated heterocycles. The van der Waals surface area contributed by atoms with Crippen LogP contribution in [-0.2, 0) is 4.79 Å². The van der Waals surface area contributed by atoms with E-state index in [-0.39, 0.29) is 10.7 Å². The predicted octanol–water partition coefficient (Wildman–Crippen LogP) is 5.40. The Morgan fingerprint density at radius 3 is 2.24 bits per heavy atom. The zero-order chi connectivity index (χ0) is 16.2. The number of hydrogen-bond acceptors (Lipinski definition) is 2. The first kappa shape index (κ1) is 18.1. The number of thioether (sulfide) groups is 1. The molecule has 0 aliphatic carbocycles. The minimum Gasteiger partial charge on any atom is -0.325 e. The van der Waals surface area contributed by atoms with Crippen LogP contribution < -0.4 is 5.32 Å². The number of nitrogens with one attached hydrogen (secondary N) is 1. The van der Waals surface area contributed by atoms with Gasteiger partial charge in [0, 0.05) is 10.4 Å². The van der Waals surface area contributed by atoms with Gasteiger partial charge in [0.1, 0.15) is 0 Å². The maximum atomic E-state index is 12.1. The summed E-state index contributed by atoms with van der Waals surface area (Å²) in [6.07, 6.45) is 0. The summed E-state index contributed by atoms with van der Waals surface area (Å²) in [6.45, 7) is 15.1. The lowest BCUT2D eigenvalue weighted by Gasteiger charge is -2.19. The standard InChI is InChI=1S/C18H29NOS/c1-12(2)14-8-9-16(15(10-14)13(3)4)19-17(20)11-21-18(5,6)7/h8-10,12-13H,11H2,1-7H3,(H,19,20). The van der Waals surface area contributed by atoms with Crippen molar-refractivity contribution in [2.45, 2.75) is 65.0 Å². The van der Waals surface area contributed by atoms with Crippen molar-refractivity contribution in [1.82, 2.24) is 0 Å². The van der Waals surface area contributed by atoms with Crippen LogP contribution >= 0.6 is 11.8 Å². The van der Waals surface area contributed by atoms with Crippen LogP contribution in [0.3, 0.4) is 0 Å². The molecular formula is C18H29NOS. The third kappa shape index (κ3) is 6.13. The van der Waals surface area contributed by atoms with Crippen LogP contribution in [0.5, 0.6) is 0 Å². The Kier molecular flexibility index (Phi) is 6.33. The summed E-state index contributed by atoms with van der Waals surface area (Å²) in [5, 5.41) is 3.07. The molecule has 21 heavy (non-hydrogen) atoms. The van der Waals surface area contributed by atoms with Gasteiger partial charge >= 0.3 is 0 Å². The van der Waals surface area contributed by atoms with Gasteiger partial charge in [-0.2, -0.15) is 0 Å². The van der Waals surface area contributed by atoms with E-state index in [0.717, 1.165) is 5.69 Å². The SMILES string of the molecule is CC(C)c1ccc(NC(=O)CSC(C)(C)C)c(C(C)C)c1. The zero-order valence-corrected chi connectivity index (χ0v) is 15.2. The largest absolute Gasteiger partial charge is 0.325 e. The monoisotopic (exact) mass is 307 g/mol. The molecule has 0 aliphatic heterocycles. The third-order valence-corrected chi connectivity index (χ3v) is 4.55. The van der Waals surface area contributed by atoms with Gasteiger partial charge in [-0.15, -0.1) is 11.8 Å². The van der Waals surface area contributed by atoms with Crippen molar-refractivity contribution >= 4 is 23.4 Å². The molecular weight excluding hydrogens is 278 g/mol. The number of amides is 1. The molecule has 118 valence electrons. The molecule has 0 aromatic heterocycles. The molecule has 0 fully saturated rings. The fraction of sp³-hybridized carbons (Fsp3) is 0.611. The Labute approximate surface area is 134 Å². The lowest BCUT2D eigenvalue weighted by molar-refractivity contribution is -0.113. The Morgan fingerprint density at radius 1 is 1.14 bits per heavy atom. The Balaban J connectivity index is 2.85. The molecule has 0 heterocycles. The number of rotatable bonds is 5. The number of benzene rings is 1. The zero-order valence-electron chi connectivity index (χ0n) is 14.4. The van der Waals surface area contributed by atoms with Gasteiger partial charge in [0.15, 0.2) is 0 Å². The second-order valence-corrected chi connectivity index (χ2v) is 8.91. The molecule has 0 radical (unpaired) electrons. The highest BCUT2D eigenvalue weighted by atomic mass is 32.2. The number of carbonyl (C=O) groups is 1. The Morgan fingerprint density at radius 2 is 1.76 bits per heavy atom. The average Bonchev–Trinajstić information content (AvgIpc) is 2.35. The Bertz CT molecular complexity index is 486. The molecule has 0 spiro atoms. The maximum Gasteiger partial charge on any atom is 0.234 e. The van der Waals surface area contributed by atoms with E-state index in [1.165, 1.54) is 11.1 Å². The van der Waals surface area contributed by atoms with Crippen molar-refractivity contribution < 1.29 is 4.79 Å². The van der Waals surface area contributed by atoms with Gasteiger partial charge in [0.05, 0.1) is 5.75 Å². The van der Waals surface area contributed by atoms with E-state index < -0.39 is 0 Å². The van der Waals surface area contributed by atoms with Crippen molar-refractivity contribution in [2.75, 3.05) is 11.1 Å². The van der Waals surface area contributed by atoms with E-state index in [2.05, 4.69) is 65.9 Å². The molecule has 0 bridgehead atoms. The molecule has 1 aromatic rings. The molecule has 1 aromatic carbocycles. The maximum absolute atomic E-state index is 12.1. The van der Waals surface area contributed by atoms with Gasteiger partial charge in [-0.1, -0.05) is 60.6 Å². The third-order valence-electron chi connectivity index (χ3n) is 3.27. The summed E-state index contributed by atoms with van der Waals surface area (Å²) in [7, 11) is 0. The fourth-order valence-electron chi connectivity index (χ4n) is 2.00. The van der Waals surface area contributed by atoms with E-state index in [1.807, 2.05) is 6.07 Å². The van der Waals surface area contributed by atoms with Crippen LogP contribution in [0.25, 0.3) is 0 Å². The normalized spacial score (nSPS) is 12.0. The molecule has 1 rings (SSSR count). The molecule has 2 nitrogen and oxygen atoms in total. The van der Waals surface area contributed by atoms with Crippen molar-refractivity contribution in [3.05, 3.63) is 29.3 Å². The van der Waals surface area contributed by atoms with Crippen LogP contribution in [0.4, 0.5) is 5.69 Å². The van der Waals surface area contributed by atoms with Gasteiger partial charge in [0.2, 0.25) is 5.91 Å². The van der Waals surface area contributed by atoms with Gasteiger partial charge < -0.3 is 5.32 Å². The summed E-state index contributed by atoms with van der Waals surface area (Å²) < 4.78 is 0.111. The predicted molar refractivity (Wildman–Crippen MR) is 95.5 cm³/mol. The topological polar surface area (TPSA) is 29.1 Å². The van der Waals surface area contributed by atoms with Crippen LogP contribution in [0.2, 0.25) is 0 Å². The van der Waals surface area contributed by atoms with Crippen LogP contribution in [-0.4, -0.2) is 16.4 Å². The molecule has 1 amide bonds. The van der Waals surface area contributed by atoms with Gasteiger partial charge in [-0.3, -0.25) is 4.79 Å². The smallest absolute Gasteiger partial charge is 0.234 e. The van der Waals surface area contributed by atoms with E-state index in [4.69, 9.17) is 0 Å². The summed E-state index contributed by atoms with van der Waals surface area (Å²) in [5.74, 6) is 1.47. The fourth-order valence-corrected chi connectivity index (χ4v) is 2.64. The molecule has 0 unspecified atom stereocenters. The van der Waals surface area contributed by atoms with Crippen LogP contribution in [0.15, 0.2) is 18.2 Å². The lowest BCUT2D eigenvalue weighted by Crippen LogP contribution is -2.19. The number of carbonyl (C=O) groups excluding carboxylic acids is 1. The number of anilines is 1. The van der Waals surface area contributed by atoms with Gasteiger partial charge in [-0.05, 0) is 29.0 Å². The van der Waals surface area contributed by atoms with Crippen molar-refractivity contribution in [3.63, 3.8) is 0 Å². The second-order valence-electron chi connectivity index (χ2n) is 7.11. The van der Waals surface area contributed by atoms with E-state index >= 15 is 0 Å². The molecule has 0 atom stereocenters. The Hall–Kier alpha value is -0.960. The number of hydrogen-bond donors (Lipinski definition) is 1. The first-order valence-electron chi connectivity index (χ1n) is 7.68. The summed E-state index contributed by atoms with van der Waals surface area (Å²) in [5.41, 5.74) is 3.49. The van der Waals surface area contributed by atoms with Crippen molar-refractivity contribution in [3.8, 4) is 0 Å². The highest BCUT2D eigenvalue weighted by Gasteiger charge is 2.15. The minimum absolute atomic E-state index is 0.0779. The average molecular weight is 308 g/mol. The van der Waals surface area contributed by atoms with E-state index in [0.29, 0.717) is 17.6 Å². The molecule has 3 heteroatoms. The highest BCUT2D eigenvalue weighted by Crippen LogP contribution is 2.29. The molecule has 0 aliphatic rings. The van der Waals surface area contributed by atoms with Crippen molar-refractivity contribution in [1.29, 1.82) is 0 Å². The lowest BCUT2D eigenvalue weighted by atomic mass is 9.94. The minimum atomic E-state index is 0.0779. The second kappa shape index (κ2) is 7.35. The van der Waals surface area contributed by atoms with E-state index in [1.54, 1.807) is 11.8 Å². The summed E-state index contributed by atoms with van der Waals surface area (Å²) in [6, 6.07) is 6.38. The summed E-state index contributed by atoms with van der Waals surface area (Å²) >= 11 is 1.67. The van der Waals surface area contributed by atoms with Crippen LogP contribution in [0, 0.1) is 0 Å².